The molecule has 1 heterocycles. The fourth-order valence-electron chi connectivity index (χ4n) is 4.62. The summed E-state index contributed by atoms with van der Waals surface area (Å²) >= 11 is 0. The number of rotatable bonds is 8. The molecular weight excluding hydrogens is 388 g/mol. The lowest BCUT2D eigenvalue weighted by atomic mass is 9.96. The van der Waals surface area contributed by atoms with E-state index in [1.807, 2.05) is 0 Å². The Bertz CT molecular complexity index is 787. The molecule has 160 valence electrons. The van der Waals surface area contributed by atoms with Gasteiger partial charge in [-0.25, -0.2) is 0 Å². The van der Waals surface area contributed by atoms with Crippen LogP contribution in [0.5, 0.6) is 0 Å². The Hall–Kier alpha value is -2.01. The van der Waals surface area contributed by atoms with E-state index in [9.17, 15) is 4.79 Å². The molecule has 1 aliphatic rings. The van der Waals surface area contributed by atoms with Gasteiger partial charge in [0.25, 0.3) is 8.32 Å². The topological polar surface area (TPSA) is 35.5 Å². The summed E-state index contributed by atoms with van der Waals surface area (Å²) in [5.41, 5.74) is 1.17. The summed E-state index contributed by atoms with van der Waals surface area (Å²) in [6, 6.07) is 21.4. The molecule has 2 aromatic carbocycles. The van der Waals surface area contributed by atoms with Gasteiger partial charge in [0.2, 0.25) is 0 Å². The number of carbonyl (C=O) groups excluding carboxylic acids is 1. The van der Waals surface area contributed by atoms with Gasteiger partial charge in [0.1, 0.15) is 6.29 Å². The second-order valence-electron chi connectivity index (χ2n) is 9.24. The van der Waals surface area contributed by atoms with Crippen LogP contribution in [-0.4, -0.2) is 33.4 Å². The molecule has 30 heavy (non-hydrogen) atoms. The Morgan fingerprint density at radius 3 is 2.03 bits per heavy atom. The minimum absolute atomic E-state index is 0.0349. The first-order chi connectivity index (χ1) is 14.4. The molecule has 0 spiro atoms. The first-order valence-corrected chi connectivity index (χ1v) is 12.8. The first-order valence-electron chi connectivity index (χ1n) is 10.9. The molecule has 1 aliphatic heterocycles. The van der Waals surface area contributed by atoms with Gasteiger partial charge in [-0.3, -0.25) is 0 Å². The van der Waals surface area contributed by atoms with Crippen LogP contribution in [0.3, 0.4) is 0 Å². The summed E-state index contributed by atoms with van der Waals surface area (Å²) in [5.74, 6) is 0. The molecule has 1 saturated heterocycles. The number of benzene rings is 2. The molecule has 1 fully saturated rings. The fourth-order valence-corrected chi connectivity index (χ4v) is 9.20. The monoisotopic (exact) mass is 422 g/mol. The Balaban J connectivity index is 1.85. The van der Waals surface area contributed by atoms with Crippen LogP contribution in [-0.2, 0) is 14.0 Å². The van der Waals surface area contributed by atoms with Crippen LogP contribution in [0.25, 0.3) is 0 Å². The van der Waals surface area contributed by atoms with Crippen LogP contribution < -0.4 is 10.4 Å². The van der Waals surface area contributed by atoms with E-state index in [2.05, 4.69) is 88.0 Å². The predicted octanol–water partition coefficient (Wildman–Crippen LogP) is 4.65. The largest absolute Gasteiger partial charge is 0.407 e. The summed E-state index contributed by atoms with van der Waals surface area (Å²) in [5, 5.41) is 2.54. The van der Waals surface area contributed by atoms with Gasteiger partial charge in [-0.05, 0) is 34.7 Å². The lowest BCUT2D eigenvalue weighted by Crippen LogP contribution is -2.66. The van der Waals surface area contributed by atoms with Gasteiger partial charge < -0.3 is 14.0 Å². The van der Waals surface area contributed by atoms with Crippen molar-refractivity contribution in [3.63, 3.8) is 0 Å². The molecule has 2 aromatic rings. The van der Waals surface area contributed by atoms with E-state index in [1.54, 1.807) is 0 Å². The van der Waals surface area contributed by atoms with Crippen molar-refractivity contribution in [1.29, 1.82) is 0 Å². The highest BCUT2D eigenvalue weighted by atomic mass is 28.4. The molecule has 0 aromatic heterocycles. The number of ether oxygens (including phenoxy) is 1. The molecular formula is C26H34O3Si. The van der Waals surface area contributed by atoms with Crippen LogP contribution >= 0.6 is 0 Å². The zero-order chi connectivity index (χ0) is 21.6. The first kappa shape index (κ1) is 22.7. The molecule has 0 N–H and O–H groups in total. The maximum Gasteiger partial charge on any atom is 0.261 e. The molecule has 0 unspecified atom stereocenters. The van der Waals surface area contributed by atoms with E-state index < -0.39 is 8.32 Å². The van der Waals surface area contributed by atoms with Crippen LogP contribution in [0.2, 0.25) is 5.04 Å². The van der Waals surface area contributed by atoms with Crippen molar-refractivity contribution in [2.45, 2.75) is 63.7 Å². The van der Waals surface area contributed by atoms with Gasteiger partial charge in [-0.2, -0.15) is 0 Å². The van der Waals surface area contributed by atoms with Crippen LogP contribution in [0, 0.1) is 0 Å². The molecule has 0 bridgehead atoms. The van der Waals surface area contributed by atoms with E-state index in [0.29, 0.717) is 13.0 Å². The van der Waals surface area contributed by atoms with Gasteiger partial charge in [0.15, 0.2) is 0 Å². The Kier molecular flexibility index (Phi) is 7.45. The zero-order valence-electron chi connectivity index (χ0n) is 18.5. The molecule has 3 rings (SSSR count). The third-order valence-electron chi connectivity index (χ3n) is 5.95. The third-order valence-corrected chi connectivity index (χ3v) is 11.0. The standard InChI is InChI=1S/C26H34O3Si/c1-21-19-22(15-17-27)29-23(20-21)16-18-28-30(26(2,3)4,24-11-7-5-8-12-24)25-13-9-6-10-14-25/h5-14,17,22-23H,1,15-16,18-20H2,2-4H3/t22-,23-/m0/s1. The fraction of sp³-hybridized carbons (Fsp3) is 0.423. The van der Waals surface area contributed by atoms with Gasteiger partial charge >= 0.3 is 0 Å². The molecule has 3 nitrogen and oxygen atoms in total. The Morgan fingerprint density at radius 1 is 1.00 bits per heavy atom. The summed E-state index contributed by atoms with van der Waals surface area (Å²) in [6.45, 7) is 11.7. The highest BCUT2D eigenvalue weighted by molar-refractivity contribution is 6.99. The Labute approximate surface area is 182 Å². The minimum atomic E-state index is -2.52. The average molecular weight is 423 g/mol. The molecule has 0 aliphatic carbocycles. The molecule has 2 atom stereocenters. The van der Waals surface area contributed by atoms with Crippen molar-refractivity contribution in [1.82, 2.24) is 0 Å². The normalized spacial score (nSPS) is 20.2. The maximum absolute atomic E-state index is 10.9. The SMILES string of the molecule is C=C1C[C@H](CC=O)O[C@@H](CCO[Si](c2ccccc2)(c2ccccc2)C(C)(C)C)C1. The van der Waals surface area contributed by atoms with Crippen molar-refractivity contribution in [3.8, 4) is 0 Å². The van der Waals surface area contributed by atoms with E-state index in [0.717, 1.165) is 25.5 Å². The lowest BCUT2D eigenvalue weighted by Gasteiger charge is -2.43. The second kappa shape index (κ2) is 9.86. The zero-order valence-corrected chi connectivity index (χ0v) is 19.5. The van der Waals surface area contributed by atoms with Crippen LogP contribution in [0.1, 0.15) is 46.5 Å². The molecule has 0 amide bonds. The van der Waals surface area contributed by atoms with Crippen molar-refractivity contribution in [2.75, 3.05) is 6.61 Å². The Morgan fingerprint density at radius 2 is 1.53 bits per heavy atom. The van der Waals surface area contributed by atoms with E-state index in [4.69, 9.17) is 9.16 Å². The number of hydrogen-bond acceptors (Lipinski definition) is 3. The van der Waals surface area contributed by atoms with Crippen molar-refractivity contribution >= 4 is 25.0 Å². The summed E-state index contributed by atoms with van der Waals surface area (Å²) < 4.78 is 13.1. The van der Waals surface area contributed by atoms with Crippen molar-refractivity contribution in [3.05, 3.63) is 72.8 Å². The quantitative estimate of drug-likeness (QED) is 0.353. The second-order valence-corrected chi connectivity index (χ2v) is 13.5. The van der Waals surface area contributed by atoms with Gasteiger partial charge in [0.05, 0.1) is 12.2 Å². The third kappa shape index (κ3) is 5.00. The summed E-state index contributed by atoms with van der Waals surface area (Å²) in [4.78, 5) is 10.9. The van der Waals surface area contributed by atoms with Gasteiger partial charge in [-0.15, -0.1) is 0 Å². The van der Waals surface area contributed by atoms with Crippen molar-refractivity contribution in [2.24, 2.45) is 0 Å². The average Bonchev–Trinajstić information content (AvgIpc) is 2.71. The highest BCUT2D eigenvalue weighted by Gasteiger charge is 2.50. The van der Waals surface area contributed by atoms with Gasteiger partial charge in [0, 0.05) is 13.0 Å². The van der Waals surface area contributed by atoms with E-state index >= 15 is 0 Å². The minimum Gasteiger partial charge on any atom is -0.407 e. The summed E-state index contributed by atoms with van der Waals surface area (Å²) in [6.07, 6.45) is 3.84. The molecule has 0 saturated carbocycles. The number of aldehydes is 1. The number of carbonyl (C=O) groups is 1. The summed E-state index contributed by atoms with van der Waals surface area (Å²) in [7, 11) is -2.52. The van der Waals surface area contributed by atoms with E-state index in [1.165, 1.54) is 15.9 Å². The van der Waals surface area contributed by atoms with Gasteiger partial charge in [-0.1, -0.05) is 93.6 Å². The lowest BCUT2D eigenvalue weighted by molar-refractivity contribution is -0.113. The molecule has 4 heteroatoms. The number of hydrogen-bond donors (Lipinski definition) is 0. The van der Waals surface area contributed by atoms with Crippen molar-refractivity contribution < 1.29 is 14.0 Å². The predicted molar refractivity (Wildman–Crippen MR) is 126 cm³/mol. The smallest absolute Gasteiger partial charge is 0.261 e. The van der Waals surface area contributed by atoms with E-state index in [-0.39, 0.29) is 17.2 Å². The van der Waals surface area contributed by atoms with Crippen LogP contribution in [0.15, 0.2) is 72.8 Å². The molecule has 0 radical (unpaired) electrons. The van der Waals surface area contributed by atoms with Crippen LogP contribution in [0.4, 0.5) is 0 Å². The highest BCUT2D eigenvalue weighted by Crippen LogP contribution is 2.37. The maximum atomic E-state index is 10.9.